The molecule has 0 saturated carbocycles. The van der Waals surface area contributed by atoms with Crippen LogP contribution in [0.4, 0.5) is 5.82 Å². The van der Waals surface area contributed by atoms with E-state index in [1.54, 1.807) is 6.33 Å². The Morgan fingerprint density at radius 3 is 2.50 bits per heavy atom. The quantitative estimate of drug-likeness (QED) is 0.591. The van der Waals surface area contributed by atoms with Gasteiger partial charge < -0.3 is 24.0 Å². The Labute approximate surface area is 199 Å². The second-order valence-electron chi connectivity index (χ2n) is 9.04. The molecule has 6 rings (SSSR count). The fourth-order valence-electron chi connectivity index (χ4n) is 4.97. The number of morpholine rings is 1. The van der Waals surface area contributed by atoms with Gasteiger partial charge in [0.1, 0.15) is 17.9 Å². The molecular formula is C26H30N6O2. The summed E-state index contributed by atoms with van der Waals surface area (Å²) in [6.07, 6.45) is 8.02. The van der Waals surface area contributed by atoms with Crippen LogP contribution in [0, 0.1) is 0 Å². The number of piperazine rings is 1. The number of hydrazine groups is 1. The summed E-state index contributed by atoms with van der Waals surface area (Å²) in [4.78, 5) is 14.0. The van der Waals surface area contributed by atoms with Gasteiger partial charge in [-0.25, -0.2) is 15.0 Å². The monoisotopic (exact) mass is 458 g/mol. The summed E-state index contributed by atoms with van der Waals surface area (Å²) in [5.74, 6) is 1.84. The minimum atomic E-state index is 0.645. The molecule has 0 unspecified atom stereocenters. The number of benzene rings is 1. The van der Waals surface area contributed by atoms with Crippen molar-refractivity contribution in [2.75, 3.05) is 71.0 Å². The molecule has 3 aromatic rings. The molecule has 8 heteroatoms. The van der Waals surface area contributed by atoms with Crippen LogP contribution in [0.25, 0.3) is 27.8 Å². The molecule has 3 aliphatic rings. The molecule has 8 nitrogen and oxygen atoms in total. The van der Waals surface area contributed by atoms with Crippen LogP contribution in [0.1, 0.15) is 5.76 Å². The van der Waals surface area contributed by atoms with E-state index in [4.69, 9.17) is 14.1 Å². The molecule has 176 valence electrons. The summed E-state index contributed by atoms with van der Waals surface area (Å²) in [7, 11) is 2.17. The first kappa shape index (κ1) is 21.3. The minimum absolute atomic E-state index is 0.645. The van der Waals surface area contributed by atoms with Crippen LogP contribution in [0.2, 0.25) is 0 Å². The van der Waals surface area contributed by atoms with Gasteiger partial charge in [0, 0.05) is 56.6 Å². The highest BCUT2D eigenvalue weighted by Gasteiger charge is 2.28. The first-order valence-electron chi connectivity index (χ1n) is 12.0. The summed E-state index contributed by atoms with van der Waals surface area (Å²) in [6.45, 7) is 7.95. The SMILES string of the molecule is CN1CCN(c2ncnc3oc(C4=CC=CN(N5CCOCC5)C4)c(-c4ccccc4)c23)CC1. The van der Waals surface area contributed by atoms with Gasteiger partial charge in [-0.2, -0.15) is 0 Å². The maximum atomic E-state index is 6.52. The highest BCUT2D eigenvalue weighted by Crippen LogP contribution is 2.42. The molecule has 1 aromatic carbocycles. The van der Waals surface area contributed by atoms with Crippen LogP contribution >= 0.6 is 0 Å². The van der Waals surface area contributed by atoms with Gasteiger partial charge in [0.15, 0.2) is 0 Å². The predicted molar refractivity (Wildman–Crippen MR) is 133 cm³/mol. The van der Waals surface area contributed by atoms with Crippen molar-refractivity contribution < 1.29 is 9.15 Å². The van der Waals surface area contributed by atoms with Gasteiger partial charge in [-0.05, 0) is 18.7 Å². The van der Waals surface area contributed by atoms with E-state index in [1.165, 1.54) is 0 Å². The normalized spacial score (nSPS) is 20.2. The molecule has 0 bridgehead atoms. The number of aromatic nitrogens is 2. The van der Waals surface area contributed by atoms with Crippen molar-refractivity contribution in [3.8, 4) is 11.1 Å². The van der Waals surface area contributed by atoms with Gasteiger partial charge in [-0.1, -0.05) is 36.4 Å². The van der Waals surface area contributed by atoms with E-state index < -0.39 is 0 Å². The van der Waals surface area contributed by atoms with Crippen molar-refractivity contribution in [3.05, 3.63) is 60.8 Å². The third kappa shape index (κ3) is 3.98. The van der Waals surface area contributed by atoms with Gasteiger partial charge in [-0.3, -0.25) is 0 Å². The molecule has 2 saturated heterocycles. The number of rotatable bonds is 4. The summed E-state index contributed by atoms with van der Waals surface area (Å²) < 4.78 is 12.1. The van der Waals surface area contributed by atoms with E-state index in [-0.39, 0.29) is 0 Å². The maximum absolute atomic E-state index is 6.52. The number of likely N-dealkylation sites (N-methyl/N-ethyl adjacent to an activating group) is 1. The molecule has 34 heavy (non-hydrogen) atoms. The molecule has 0 amide bonds. The lowest BCUT2D eigenvalue weighted by atomic mass is 9.98. The second kappa shape index (κ2) is 9.21. The number of hydrogen-bond acceptors (Lipinski definition) is 8. The number of fused-ring (bicyclic) bond motifs is 1. The number of furan rings is 1. The number of ether oxygens (including phenoxy) is 1. The molecule has 3 aliphatic heterocycles. The van der Waals surface area contributed by atoms with E-state index in [0.717, 1.165) is 92.7 Å². The fraction of sp³-hybridized carbons (Fsp3) is 0.385. The molecule has 0 N–H and O–H groups in total. The van der Waals surface area contributed by atoms with Gasteiger partial charge in [0.05, 0.1) is 25.1 Å². The van der Waals surface area contributed by atoms with E-state index in [0.29, 0.717) is 5.71 Å². The zero-order valence-corrected chi connectivity index (χ0v) is 19.6. The summed E-state index contributed by atoms with van der Waals surface area (Å²) in [6, 6.07) is 10.5. The zero-order valence-electron chi connectivity index (χ0n) is 19.6. The molecule has 2 fully saturated rings. The maximum Gasteiger partial charge on any atom is 0.232 e. The average molecular weight is 459 g/mol. The van der Waals surface area contributed by atoms with Crippen molar-refractivity contribution >= 4 is 22.5 Å². The Morgan fingerprint density at radius 1 is 0.912 bits per heavy atom. The molecule has 0 aliphatic carbocycles. The Kier molecular flexibility index (Phi) is 5.78. The number of hydrogen-bond donors (Lipinski definition) is 0. The van der Waals surface area contributed by atoms with Gasteiger partial charge >= 0.3 is 0 Å². The Hall–Kier alpha value is -3.20. The van der Waals surface area contributed by atoms with E-state index in [1.807, 2.05) is 6.07 Å². The molecule has 0 radical (unpaired) electrons. The Bertz CT molecular complexity index is 1210. The van der Waals surface area contributed by atoms with Crippen LogP contribution < -0.4 is 4.90 Å². The van der Waals surface area contributed by atoms with Crippen LogP contribution in [0.15, 0.2) is 59.4 Å². The Morgan fingerprint density at radius 2 is 1.71 bits per heavy atom. The van der Waals surface area contributed by atoms with E-state index in [2.05, 4.69) is 74.5 Å². The highest BCUT2D eigenvalue weighted by molar-refractivity contribution is 6.04. The third-order valence-corrected chi connectivity index (χ3v) is 6.86. The highest BCUT2D eigenvalue weighted by atomic mass is 16.5. The van der Waals surface area contributed by atoms with Crippen LogP contribution in [0.5, 0.6) is 0 Å². The lowest BCUT2D eigenvalue weighted by Gasteiger charge is -2.38. The third-order valence-electron chi connectivity index (χ3n) is 6.86. The zero-order chi connectivity index (χ0) is 22.9. The van der Waals surface area contributed by atoms with Gasteiger partial charge in [-0.15, -0.1) is 0 Å². The van der Waals surface area contributed by atoms with Crippen LogP contribution in [0.3, 0.4) is 0 Å². The van der Waals surface area contributed by atoms with Crippen LogP contribution in [-0.2, 0) is 4.74 Å². The van der Waals surface area contributed by atoms with Gasteiger partial charge in [0.2, 0.25) is 5.71 Å². The molecular weight excluding hydrogens is 428 g/mol. The molecule has 0 atom stereocenters. The van der Waals surface area contributed by atoms with E-state index in [9.17, 15) is 0 Å². The van der Waals surface area contributed by atoms with Crippen molar-refractivity contribution in [2.45, 2.75) is 0 Å². The number of anilines is 1. The first-order chi connectivity index (χ1) is 16.8. The topological polar surface area (TPSA) is 61.1 Å². The number of nitrogens with zero attached hydrogens (tertiary/aromatic N) is 6. The summed E-state index contributed by atoms with van der Waals surface area (Å²) in [5, 5.41) is 5.61. The summed E-state index contributed by atoms with van der Waals surface area (Å²) in [5.41, 5.74) is 3.98. The van der Waals surface area contributed by atoms with Gasteiger partial charge in [0.25, 0.3) is 0 Å². The molecule has 0 spiro atoms. The van der Waals surface area contributed by atoms with Crippen molar-refractivity contribution in [2.24, 2.45) is 0 Å². The lowest BCUT2D eigenvalue weighted by Crippen LogP contribution is -2.47. The van der Waals surface area contributed by atoms with Crippen LogP contribution in [-0.4, -0.2) is 91.0 Å². The molecule has 2 aromatic heterocycles. The predicted octanol–water partition coefficient (Wildman–Crippen LogP) is 3.10. The van der Waals surface area contributed by atoms with E-state index >= 15 is 0 Å². The van der Waals surface area contributed by atoms with Crippen molar-refractivity contribution in [1.29, 1.82) is 0 Å². The van der Waals surface area contributed by atoms with Crippen molar-refractivity contribution in [3.63, 3.8) is 0 Å². The summed E-state index contributed by atoms with van der Waals surface area (Å²) >= 11 is 0. The Balaban J connectivity index is 1.45. The fourth-order valence-corrected chi connectivity index (χ4v) is 4.97. The van der Waals surface area contributed by atoms with Crippen molar-refractivity contribution in [1.82, 2.24) is 24.9 Å². The first-order valence-corrected chi connectivity index (χ1v) is 12.0. The number of allylic oxidation sites excluding steroid dienone is 2. The minimum Gasteiger partial charge on any atom is -0.437 e. The molecule has 5 heterocycles. The standard InChI is InChI=1S/C26H30N6O2/c1-29-10-12-30(13-11-29)25-23-22(20-6-3-2-4-7-20)24(34-26(23)28-19-27-25)21-8-5-9-32(18-21)31-14-16-33-17-15-31/h2-9,19H,10-18H2,1H3. The average Bonchev–Trinajstić information content (AvgIpc) is 3.30. The largest absolute Gasteiger partial charge is 0.437 e. The lowest BCUT2D eigenvalue weighted by molar-refractivity contribution is -0.0569. The second-order valence-corrected chi connectivity index (χ2v) is 9.04. The smallest absolute Gasteiger partial charge is 0.232 e.